The molecule has 5 saturated carbocycles. The van der Waals surface area contributed by atoms with Crippen LogP contribution in [0.25, 0.3) is 0 Å². The van der Waals surface area contributed by atoms with Crippen LogP contribution < -0.4 is 0 Å². The second-order valence-electron chi connectivity index (χ2n) is 22.9. The molecule has 65 heavy (non-hydrogen) atoms. The molecule has 0 bridgehead atoms. The molecule has 8 fully saturated rings. The lowest BCUT2D eigenvalue weighted by Gasteiger charge is -2.64. The van der Waals surface area contributed by atoms with E-state index in [9.17, 15) is 61.0 Å². The molecule has 3 aliphatic heterocycles. The minimum absolute atomic E-state index is 0.00336. The molecule has 11 N–H and O–H groups in total. The van der Waals surface area contributed by atoms with Crippen molar-refractivity contribution in [1.82, 2.24) is 0 Å². The summed E-state index contributed by atoms with van der Waals surface area (Å²) < 4.78 is 37.0. The van der Waals surface area contributed by atoms with Crippen LogP contribution in [0.4, 0.5) is 0 Å². The number of Topliss-reactive ketones (excluding diaryl/α,β-unsaturated/α-hetero) is 1. The summed E-state index contributed by atoms with van der Waals surface area (Å²) >= 11 is 0. The Bertz CT molecular complexity index is 1700. The molecule has 0 amide bonds. The van der Waals surface area contributed by atoms with E-state index in [2.05, 4.69) is 34.6 Å². The molecule has 0 radical (unpaired) electrons. The molecule has 3 saturated heterocycles. The first kappa shape index (κ1) is 50.4. The molecule has 0 aromatic heterocycles. The fraction of sp³-hybridized carbons (Fsp3) is 0.979. The molecule has 25 unspecified atom stereocenters. The van der Waals surface area contributed by atoms with E-state index in [0.29, 0.717) is 38.5 Å². The van der Waals surface area contributed by atoms with Crippen LogP contribution in [0.5, 0.6) is 0 Å². The van der Waals surface area contributed by atoms with Crippen LogP contribution in [0, 0.1) is 56.7 Å². The number of hydrogen-bond donors (Lipinski definition) is 11. The van der Waals surface area contributed by atoms with Gasteiger partial charge in [-0.2, -0.15) is 0 Å². The highest BCUT2D eigenvalue weighted by atomic mass is 16.8. The molecule has 0 aromatic rings. The van der Waals surface area contributed by atoms with Gasteiger partial charge in [0.25, 0.3) is 0 Å². The summed E-state index contributed by atoms with van der Waals surface area (Å²) in [5.74, 6) is 0.132. The predicted molar refractivity (Wildman–Crippen MR) is 226 cm³/mol. The maximum absolute atomic E-state index is 12.9. The molecule has 2 spiro atoms. The number of hydrogen-bond acceptors (Lipinski definition) is 18. The minimum Gasteiger partial charge on any atom is -0.394 e. The third-order valence-corrected chi connectivity index (χ3v) is 19.2. The maximum Gasteiger partial charge on any atom is 0.187 e. The maximum atomic E-state index is 12.9. The summed E-state index contributed by atoms with van der Waals surface area (Å²) in [6, 6.07) is 0. The Kier molecular flexibility index (Phi) is 13.9. The Morgan fingerprint density at radius 2 is 1.29 bits per heavy atom. The van der Waals surface area contributed by atoms with E-state index in [-0.39, 0.29) is 52.8 Å². The highest BCUT2D eigenvalue weighted by molar-refractivity contribution is 5.80. The zero-order chi connectivity index (χ0) is 47.5. The van der Waals surface area contributed by atoms with Crippen molar-refractivity contribution in [3.63, 3.8) is 0 Å². The zero-order valence-electron chi connectivity index (χ0n) is 39.0. The van der Waals surface area contributed by atoms with Gasteiger partial charge in [0.05, 0.1) is 38.1 Å². The highest BCUT2D eigenvalue weighted by Gasteiger charge is 2.86. The van der Waals surface area contributed by atoms with Gasteiger partial charge in [-0.05, 0) is 96.7 Å². The summed E-state index contributed by atoms with van der Waals surface area (Å²) in [5.41, 5.74) is -1.98. The third kappa shape index (κ3) is 7.74. The van der Waals surface area contributed by atoms with Gasteiger partial charge in [0.2, 0.25) is 0 Å². The SMILES string of the molecule is CC(C)C(=O)CCC(C)C1C(OC2OCC(O)C(O)C2O)CC2(C)C3CCC4C(C)(C)C(OC5OC(CO)C(O)C(O)C5OC5OC(CO)C(O)C(O)C5O)CCC45CC35C(O)CC12C. The standard InChI is InChI=1S/C47H78O18/c1-20(2)22(50)9-8-21(3)31-24(61-40-37(58)32(53)23(51)18-60-40)14-44(6)28-11-10-27-43(4,5)30(12-13-46(27)19-47(28,46)29(52)15-45(31,44)7)64-42-39(36(57)34(55)26(17-49)63-42)65-41-38(59)35(56)33(54)25(16-48)62-41/h20-21,23-42,48-49,51-59H,8-19H2,1-7H3. The number of ether oxygens (including phenoxy) is 6. The van der Waals surface area contributed by atoms with Gasteiger partial charge >= 0.3 is 0 Å². The molecule has 8 aliphatic rings. The molecule has 5 aliphatic carbocycles. The van der Waals surface area contributed by atoms with Crippen molar-refractivity contribution in [2.45, 2.75) is 211 Å². The zero-order valence-corrected chi connectivity index (χ0v) is 39.0. The van der Waals surface area contributed by atoms with Crippen LogP contribution in [-0.4, -0.2) is 186 Å². The van der Waals surface area contributed by atoms with E-state index in [1.807, 2.05) is 13.8 Å². The first-order chi connectivity index (χ1) is 30.4. The van der Waals surface area contributed by atoms with Crippen molar-refractivity contribution in [2.24, 2.45) is 56.7 Å². The van der Waals surface area contributed by atoms with E-state index in [4.69, 9.17) is 28.4 Å². The van der Waals surface area contributed by atoms with E-state index in [1.54, 1.807) is 0 Å². The fourth-order valence-electron chi connectivity index (χ4n) is 15.5. The lowest BCUT2D eigenvalue weighted by molar-refractivity contribution is -0.377. The highest BCUT2D eigenvalue weighted by Crippen LogP contribution is 2.89. The van der Waals surface area contributed by atoms with Crippen molar-refractivity contribution in [3.05, 3.63) is 0 Å². The van der Waals surface area contributed by atoms with Crippen molar-refractivity contribution in [2.75, 3.05) is 19.8 Å². The van der Waals surface area contributed by atoms with Crippen LogP contribution in [0.15, 0.2) is 0 Å². The predicted octanol–water partition coefficient (Wildman–Crippen LogP) is -0.519. The lowest BCUT2D eigenvalue weighted by Crippen LogP contribution is -2.66. The Morgan fingerprint density at radius 1 is 0.677 bits per heavy atom. The summed E-state index contributed by atoms with van der Waals surface area (Å²) in [7, 11) is 0. The van der Waals surface area contributed by atoms with Crippen LogP contribution in [0.2, 0.25) is 0 Å². The smallest absolute Gasteiger partial charge is 0.187 e. The fourth-order valence-corrected chi connectivity index (χ4v) is 15.5. The minimum atomic E-state index is -1.80. The number of fused-ring (bicyclic) bond motifs is 2. The summed E-state index contributed by atoms with van der Waals surface area (Å²) in [5, 5.41) is 119. The van der Waals surface area contributed by atoms with Gasteiger partial charge < -0.3 is 84.6 Å². The van der Waals surface area contributed by atoms with E-state index in [0.717, 1.165) is 19.3 Å². The number of aliphatic hydroxyl groups is 11. The van der Waals surface area contributed by atoms with Crippen molar-refractivity contribution in [3.8, 4) is 0 Å². The molecule has 374 valence electrons. The lowest BCUT2D eigenvalue weighted by atomic mass is 9.41. The molecule has 8 rings (SSSR count). The number of carbonyl (C=O) groups is 1. The van der Waals surface area contributed by atoms with Gasteiger partial charge in [0.1, 0.15) is 72.9 Å². The molecule has 25 atom stereocenters. The van der Waals surface area contributed by atoms with Gasteiger partial charge in [-0.1, -0.05) is 48.5 Å². The topological polar surface area (TPSA) is 295 Å². The Labute approximate surface area is 381 Å². The van der Waals surface area contributed by atoms with Crippen LogP contribution in [0.1, 0.15) is 106 Å². The van der Waals surface area contributed by atoms with Gasteiger partial charge in [-0.15, -0.1) is 0 Å². The monoisotopic (exact) mass is 931 g/mol. The molecule has 0 aromatic carbocycles. The van der Waals surface area contributed by atoms with Crippen molar-refractivity contribution < 1.29 is 89.4 Å². The largest absolute Gasteiger partial charge is 0.394 e. The summed E-state index contributed by atoms with van der Waals surface area (Å²) in [6.45, 7) is 13.3. The average molecular weight is 931 g/mol. The van der Waals surface area contributed by atoms with Gasteiger partial charge in [0.15, 0.2) is 18.9 Å². The van der Waals surface area contributed by atoms with Gasteiger partial charge in [-0.3, -0.25) is 4.79 Å². The normalized spacial score (nSPS) is 54.3. The number of ketones is 1. The van der Waals surface area contributed by atoms with Crippen molar-refractivity contribution >= 4 is 5.78 Å². The third-order valence-electron chi connectivity index (χ3n) is 19.2. The van der Waals surface area contributed by atoms with Crippen LogP contribution in [-0.2, 0) is 33.2 Å². The summed E-state index contributed by atoms with van der Waals surface area (Å²) in [6.07, 6.45) is -16.6. The average Bonchev–Trinajstić information content (AvgIpc) is 3.89. The van der Waals surface area contributed by atoms with Gasteiger partial charge in [0, 0.05) is 17.8 Å². The molecular formula is C47H78O18. The Morgan fingerprint density at radius 3 is 1.94 bits per heavy atom. The molecule has 18 heteroatoms. The molecule has 18 nitrogen and oxygen atoms in total. The second-order valence-corrected chi connectivity index (χ2v) is 22.9. The molecular weight excluding hydrogens is 852 g/mol. The first-order valence-electron chi connectivity index (χ1n) is 24.2. The number of carbonyl (C=O) groups excluding carboxylic acids is 1. The Balaban J connectivity index is 1.05. The first-order valence-corrected chi connectivity index (χ1v) is 24.2. The quantitative estimate of drug-likeness (QED) is 0.104. The summed E-state index contributed by atoms with van der Waals surface area (Å²) in [4.78, 5) is 12.9. The number of aliphatic hydroxyl groups excluding tert-OH is 11. The van der Waals surface area contributed by atoms with Crippen molar-refractivity contribution in [1.29, 1.82) is 0 Å². The molecule has 3 heterocycles. The number of rotatable bonds is 13. The van der Waals surface area contributed by atoms with Crippen LogP contribution >= 0.6 is 0 Å². The van der Waals surface area contributed by atoms with E-state index >= 15 is 0 Å². The van der Waals surface area contributed by atoms with Crippen LogP contribution in [0.3, 0.4) is 0 Å². The second kappa shape index (κ2) is 18.0. The Hall–Kier alpha value is -1.01. The van der Waals surface area contributed by atoms with Gasteiger partial charge in [-0.25, -0.2) is 0 Å². The van der Waals surface area contributed by atoms with E-state index < -0.39 is 134 Å². The van der Waals surface area contributed by atoms with E-state index in [1.165, 1.54) is 0 Å².